The van der Waals surface area contributed by atoms with Crippen molar-refractivity contribution in [2.24, 2.45) is 0 Å². The zero-order valence-electron chi connectivity index (χ0n) is 16.9. The molecule has 0 radical (unpaired) electrons. The molecule has 0 saturated heterocycles. The molecule has 0 aliphatic carbocycles. The number of thiol groups is 1. The van der Waals surface area contributed by atoms with Gasteiger partial charge in [-0.2, -0.15) is 0 Å². The number of amides is 1. The molecule has 1 amide bonds. The molecule has 1 N–H and O–H groups in total. The zero-order valence-corrected chi connectivity index (χ0v) is 17.8. The molecule has 28 heavy (non-hydrogen) atoms. The normalized spacial score (nSPS) is 11.0. The quantitative estimate of drug-likeness (QED) is 0.554. The largest absolute Gasteiger partial charge is 0.492 e. The Morgan fingerprint density at radius 2 is 1.89 bits per heavy atom. The van der Waals surface area contributed by atoms with Crippen LogP contribution in [0.15, 0.2) is 35.2 Å². The van der Waals surface area contributed by atoms with Crippen LogP contribution in [0.2, 0.25) is 0 Å². The number of fused-ring (bicyclic) bond motifs is 1. The van der Waals surface area contributed by atoms with E-state index in [2.05, 4.69) is 30.6 Å². The standard InChI is InChI=1S/C22H27N3O2S/c1-5-14-9-11-16(19(20(14)28)27-8-4)21-23-17-12-10-15(13-18(17)24-21)22(26)25(6-2)7-3/h9-13,28H,5-8H2,1-4H3,(H,23,24). The van der Waals surface area contributed by atoms with Crippen LogP contribution < -0.4 is 4.74 Å². The van der Waals surface area contributed by atoms with E-state index in [1.165, 1.54) is 0 Å². The number of imidazole rings is 1. The maximum absolute atomic E-state index is 12.6. The van der Waals surface area contributed by atoms with E-state index in [0.717, 1.165) is 39.2 Å². The smallest absolute Gasteiger partial charge is 0.253 e. The Kier molecular flexibility index (Phi) is 6.29. The van der Waals surface area contributed by atoms with Gasteiger partial charge < -0.3 is 14.6 Å². The van der Waals surface area contributed by atoms with E-state index in [0.29, 0.717) is 31.1 Å². The number of ether oxygens (including phenoxy) is 1. The fourth-order valence-corrected chi connectivity index (χ4v) is 3.75. The van der Waals surface area contributed by atoms with Gasteiger partial charge in [0.15, 0.2) is 0 Å². The highest BCUT2D eigenvalue weighted by Crippen LogP contribution is 2.37. The van der Waals surface area contributed by atoms with Crippen molar-refractivity contribution in [1.29, 1.82) is 0 Å². The Morgan fingerprint density at radius 3 is 2.54 bits per heavy atom. The summed E-state index contributed by atoms with van der Waals surface area (Å²) >= 11 is 4.68. The van der Waals surface area contributed by atoms with Crippen LogP contribution in [0, 0.1) is 0 Å². The summed E-state index contributed by atoms with van der Waals surface area (Å²) < 4.78 is 5.89. The van der Waals surface area contributed by atoms with E-state index in [1.54, 1.807) is 4.90 Å². The monoisotopic (exact) mass is 397 g/mol. The van der Waals surface area contributed by atoms with E-state index >= 15 is 0 Å². The molecule has 0 bridgehead atoms. The number of nitrogens with one attached hydrogen (secondary N) is 1. The molecule has 6 heteroatoms. The van der Waals surface area contributed by atoms with Crippen LogP contribution in [-0.2, 0) is 6.42 Å². The molecule has 3 aromatic rings. The maximum atomic E-state index is 12.6. The van der Waals surface area contributed by atoms with E-state index in [-0.39, 0.29) is 5.91 Å². The first-order valence-corrected chi connectivity index (χ1v) is 10.3. The summed E-state index contributed by atoms with van der Waals surface area (Å²) in [6.45, 7) is 9.94. The lowest BCUT2D eigenvalue weighted by Crippen LogP contribution is -2.30. The van der Waals surface area contributed by atoms with Crippen molar-refractivity contribution in [3.8, 4) is 17.1 Å². The third-order valence-electron chi connectivity index (χ3n) is 4.92. The molecule has 1 heterocycles. The summed E-state index contributed by atoms with van der Waals surface area (Å²) in [7, 11) is 0. The molecule has 0 atom stereocenters. The first kappa shape index (κ1) is 20.3. The number of benzene rings is 2. The molecule has 148 valence electrons. The number of hydrogen-bond acceptors (Lipinski definition) is 4. The number of carbonyl (C=O) groups is 1. The summed E-state index contributed by atoms with van der Waals surface area (Å²) in [4.78, 5) is 23.4. The van der Waals surface area contributed by atoms with Crippen LogP contribution in [0.5, 0.6) is 5.75 Å². The average molecular weight is 398 g/mol. The van der Waals surface area contributed by atoms with E-state index < -0.39 is 0 Å². The van der Waals surface area contributed by atoms with Crippen molar-refractivity contribution >= 4 is 29.6 Å². The topological polar surface area (TPSA) is 58.2 Å². The van der Waals surface area contributed by atoms with E-state index in [1.807, 2.05) is 45.0 Å². The second-order valence-corrected chi connectivity index (χ2v) is 6.98. The van der Waals surface area contributed by atoms with Gasteiger partial charge in [0, 0.05) is 18.7 Å². The number of aromatic nitrogens is 2. The third kappa shape index (κ3) is 3.74. The van der Waals surface area contributed by atoms with Crippen LogP contribution in [0.25, 0.3) is 22.4 Å². The average Bonchev–Trinajstić information content (AvgIpc) is 3.13. The molecule has 1 aromatic heterocycles. The van der Waals surface area contributed by atoms with Crippen LogP contribution in [0.3, 0.4) is 0 Å². The summed E-state index contributed by atoms with van der Waals surface area (Å²) in [5.74, 6) is 1.48. The van der Waals surface area contributed by atoms with Gasteiger partial charge in [-0.15, -0.1) is 12.6 Å². The highest BCUT2D eigenvalue weighted by atomic mass is 32.1. The molecular formula is C22H27N3O2S. The summed E-state index contributed by atoms with van der Waals surface area (Å²) in [5.41, 5.74) is 4.30. The molecule has 0 unspecified atom stereocenters. The van der Waals surface area contributed by atoms with Crippen molar-refractivity contribution in [2.45, 2.75) is 39.0 Å². The van der Waals surface area contributed by atoms with E-state index in [9.17, 15) is 4.79 Å². The number of rotatable bonds is 7. The van der Waals surface area contributed by atoms with Crippen LogP contribution >= 0.6 is 12.6 Å². The summed E-state index contributed by atoms with van der Waals surface area (Å²) in [6, 6.07) is 9.67. The molecule has 0 aliphatic rings. The van der Waals surface area contributed by atoms with Crippen molar-refractivity contribution < 1.29 is 9.53 Å². The Hall–Kier alpha value is -2.47. The van der Waals surface area contributed by atoms with Crippen LogP contribution in [0.1, 0.15) is 43.6 Å². The second-order valence-electron chi connectivity index (χ2n) is 6.53. The molecule has 2 aromatic carbocycles. The minimum atomic E-state index is 0.0244. The lowest BCUT2D eigenvalue weighted by atomic mass is 10.1. The highest BCUT2D eigenvalue weighted by Gasteiger charge is 2.18. The van der Waals surface area contributed by atoms with E-state index in [4.69, 9.17) is 9.72 Å². The SMILES string of the molecule is CCOc1c(-c2nc3cc(C(=O)N(CC)CC)ccc3[nH]2)ccc(CC)c1S. The van der Waals surface area contributed by atoms with Gasteiger partial charge in [0.25, 0.3) is 5.91 Å². The van der Waals surface area contributed by atoms with Crippen LogP contribution in [-0.4, -0.2) is 40.5 Å². The van der Waals surface area contributed by atoms with Gasteiger partial charge in [0.2, 0.25) is 0 Å². The molecule has 0 aliphatic heterocycles. The van der Waals surface area contributed by atoms with Gasteiger partial charge in [-0.1, -0.05) is 13.0 Å². The fraction of sp³-hybridized carbons (Fsp3) is 0.364. The van der Waals surface area contributed by atoms with Crippen LogP contribution in [0.4, 0.5) is 0 Å². The van der Waals surface area contributed by atoms with Gasteiger partial charge in [0.05, 0.1) is 28.1 Å². The fourth-order valence-electron chi connectivity index (χ4n) is 3.33. The minimum Gasteiger partial charge on any atom is -0.492 e. The van der Waals surface area contributed by atoms with Gasteiger partial charge in [-0.3, -0.25) is 4.79 Å². The maximum Gasteiger partial charge on any atom is 0.253 e. The summed E-state index contributed by atoms with van der Waals surface area (Å²) in [5, 5.41) is 0. The molecule has 3 rings (SSSR count). The first-order valence-electron chi connectivity index (χ1n) is 9.80. The van der Waals surface area contributed by atoms with Gasteiger partial charge in [-0.25, -0.2) is 4.98 Å². The molecule has 0 saturated carbocycles. The predicted octanol–water partition coefficient (Wildman–Crippen LogP) is 4.96. The molecule has 5 nitrogen and oxygen atoms in total. The van der Waals surface area contributed by atoms with Gasteiger partial charge >= 0.3 is 0 Å². The number of nitrogens with zero attached hydrogens (tertiary/aromatic N) is 2. The Labute approximate surface area is 171 Å². The Morgan fingerprint density at radius 1 is 1.14 bits per heavy atom. The lowest BCUT2D eigenvalue weighted by molar-refractivity contribution is 0.0773. The van der Waals surface area contributed by atoms with Crippen molar-refractivity contribution in [3.63, 3.8) is 0 Å². The predicted molar refractivity (Wildman–Crippen MR) is 117 cm³/mol. The van der Waals surface area contributed by atoms with Gasteiger partial charge in [0.1, 0.15) is 11.6 Å². The first-order chi connectivity index (χ1) is 13.5. The van der Waals surface area contributed by atoms with Crippen molar-refractivity contribution in [1.82, 2.24) is 14.9 Å². The number of aryl methyl sites for hydroxylation is 1. The van der Waals surface area contributed by atoms with Gasteiger partial charge in [-0.05, 0) is 57.0 Å². The minimum absolute atomic E-state index is 0.0244. The lowest BCUT2D eigenvalue weighted by Gasteiger charge is -2.18. The Bertz CT molecular complexity index is 993. The molecule has 0 spiro atoms. The zero-order chi connectivity index (χ0) is 20.3. The second kappa shape index (κ2) is 8.69. The number of aromatic amines is 1. The summed E-state index contributed by atoms with van der Waals surface area (Å²) in [6.07, 6.45) is 0.885. The number of carbonyl (C=O) groups excluding carboxylic acids is 1. The number of hydrogen-bond donors (Lipinski definition) is 2. The molecule has 0 fully saturated rings. The number of H-pyrrole nitrogens is 1. The highest BCUT2D eigenvalue weighted by molar-refractivity contribution is 7.80. The van der Waals surface area contributed by atoms with Crippen molar-refractivity contribution in [2.75, 3.05) is 19.7 Å². The molecular weight excluding hydrogens is 370 g/mol. The third-order valence-corrected chi connectivity index (χ3v) is 5.41. The Balaban J connectivity index is 2.06. The van der Waals surface area contributed by atoms with Crippen molar-refractivity contribution in [3.05, 3.63) is 41.5 Å².